The highest BCUT2D eigenvalue weighted by Gasteiger charge is 1.98. The number of rotatable bonds is 7. The maximum absolute atomic E-state index is 8.68. The van der Waals surface area contributed by atoms with Crippen LogP contribution in [0.1, 0.15) is 28.2 Å². The molecule has 21 heavy (non-hydrogen) atoms. The summed E-state index contributed by atoms with van der Waals surface area (Å²) in [5, 5.41) is 8.68. The van der Waals surface area contributed by atoms with Crippen LogP contribution in [-0.4, -0.2) is 18.3 Å². The van der Waals surface area contributed by atoms with Crippen LogP contribution in [0.5, 0.6) is 0 Å². The molecule has 0 saturated heterocycles. The zero-order valence-electron chi connectivity index (χ0n) is 12.0. The summed E-state index contributed by atoms with van der Waals surface area (Å²) in [7, 11) is 0. The van der Waals surface area contributed by atoms with Crippen molar-refractivity contribution in [2.75, 3.05) is 13.2 Å². The summed E-state index contributed by atoms with van der Waals surface area (Å²) in [5.41, 5.74) is 1.36. The Hall–Kier alpha value is -1.60. The summed E-state index contributed by atoms with van der Waals surface area (Å²) in [6.07, 6.45) is 2.63. The van der Waals surface area contributed by atoms with E-state index in [0.717, 1.165) is 24.3 Å². The van der Waals surface area contributed by atoms with E-state index in [2.05, 4.69) is 42.2 Å². The Morgan fingerprint density at radius 2 is 1.95 bits per heavy atom. The van der Waals surface area contributed by atoms with Gasteiger partial charge in [-0.1, -0.05) is 42.2 Å². The molecule has 2 rings (SSSR count). The SMILES string of the molecule is OCCC#Cc1ccc(COCCCc2ccccc2)s1. The van der Waals surface area contributed by atoms with Crippen LogP contribution in [0.4, 0.5) is 0 Å². The molecular weight excluding hydrogens is 280 g/mol. The Kier molecular flexibility index (Phi) is 7.03. The normalized spacial score (nSPS) is 10.1. The first-order valence-corrected chi connectivity index (χ1v) is 8.00. The molecule has 0 radical (unpaired) electrons. The van der Waals surface area contributed by atoms with Crippen LogP contribution in [0, 0.1) is 11.8 Å². The van der Waals surface area contributed by atoms with E-state index in [4.69, 9.17) is 9.84 Å². The fourth-order valence-electron chi connectivity index (χ4n) is 1.92. The van der Waals surface area contributed by atoms with Gasteiger partial charge in [-0.25, -0.2) is 0 Å². The van der Waals surface area contributed by atoms with Crippen molar-refractivity contribution in [1.82, 2.24) is 0 Å². The van der Waals surface area contributed by atoms with Crippen LogP contribution in [0.25, 0.3) is 0 Å². The molecule has 2 aromatic rings. The summed E-state index contributed by atoms with van der Waals surface area (Å²) >= 11 is 1.66. The van der Waals surface area contributed by atoms with Crippen LogP contribution in [0.15, 0.2) is 42.5 Å². The summed E-state index contributed by atoms with van der Waals surface area (Å²) in [6, 6.07) is 14.6. The fraction of sp³-hybridized carbons (Fsp3) is 0.333. The van der Waals surface area contributed by atoms with Gasteiger partial charge in [0.25, 0.3) is 0 Å². The number of hydrogen-bond donors (Lipinski definition) is 1. The van der Waals surface area contributed by atoms with Crippen molar-refractivity contribution in [3.8, 4) is 11.8 Å². The number of thiophene rings is 1. The number of aryl methyl sites for hydroxylation is 1. The average molecular weight is 300 g/mol. The van der Waals surface area contributed by atoms with Crippen LogP contribution in [-0.2, 0) is 17.8 Å². The average Bonchev–Trinajstić information content (AvgIpc) is 2.96. The molecule has 0 aliphatic heterocycles. The third-order valence-corrected chi connectivity index (χ3v) is 3.93. The highest BCUT2D eigenvalue weighted by Crippen LogP contribution is 2.16. The molecule has 1 aromatic carbocycles. The lowest BCUT2D eigenvalue weighted by Gasteiger charge is -2.03. The third kappa shape index (κ3) is 6.14. The van der Waals surface area contributed by atoms with Gasteiger partial charge >= 0.3 is 0 Å². The molecule has 0 spiro atoms. The molecule has 2 nitrogen and oxygen atoms in total. The van der Waals surface area contributed by atoms with Crippen LogP contribution < -0.4 is 0 Å². The largest absolute Gasteiger partial charge is 0.395 e. The Balaban J connectivity index is 1.64. The number of ether oxygens (including phenoxy) is 1. The maximum Gasteiger partial charge on any atom is 0.0809 e. The zero-order chi connectivity index (χ0) is 14.8. The molecule has 110 valence electrons. The van der Waals surface area contributed by atoms with Gasteiger partial charge in [0, 0.05) is 17.9 Å². The molecule has 1 aromatic heterocycles. The predicted octanol–water partition coefficient (Wildman–Crippen LogP) is 3.63. The van der Waals surface area contributed by atoms with Gasteiger partial charge in [0.1, 0.15) is 0 Å². The summed E-state index contributed by atoms with van der Waals surface area (Å²) < 4.78 is 5.70. The van der Waals surface area contributed by atoms with E-state index in [1.54, 1.807) is 11.3 Å². The van der Waals surface area contributed by atoms with Gasteiger partial charge in [-0.2, -0.15) is 0 Å². The van der Waals surface area contributed by atoms with E-state index in [0.29, 0.717) is 13.0 Å². The second-order valence-corrected chi connectivity index (χ2v) is 5.85. The lowest BCUT2D eigenvalue weighted by atomic mass is 10.1. The van der Waals surface area contributed by atoms with Crippen LogP contribution >= 0.6 is 11.3 Å². The van der Waals surface area contributed by atoms with Gasteiger partial charge < -0.3 is 9.84 Å². The van der Waals surface area contributed by atoms with Crippen molar-refractivity contribution in [3.05, 3.63) is 57.8 Å². The van der Waals surface area contributed by atoms with Gasteiger partial charge in [-0.3, -0.25) is 0 Å². The van der Waals surface area contributed by atoms with Gasteiger partial charge in [0.15, 0.2) is 0 Å². The molecule has 3 heteroatoms. The van der Waals surface area contributed by atoms with Crippen molar-refractivity contribution >= 4 is 11.3 Å². The highest BCUT2D eigenvalue weighted by molar-refractivity contribution is 7.12. The van der Waals surface area contributed by atoms with Crippen molar-refractivity contribution in [1.29, 1.82) is 0 Å². The Morgan fingerprint density at radius 3 is 2.76 bits per heavy atom. The van der Waals surface area contributed by atoms with Gasteiger partial charge in [-0.05, 0) is 30.5 Å². The van der Waals surface area contributed by atoms with E-state index in [9.17, 15) is 0 Å². The molecule has 0 amide bonds. The first-order valence-electron chi connectivity index (χ1n) is 7.18. The Labute approximate surface area is 130 Å². The fourth-order valence-corrected chi connectivity index (χ4v) is 2.74. The topological polar surface area (TPSA) is 29.5 Å². The molecule has 0 aliphatic rings. The smallest absolute Gasteiger partial charge is 0.0809 e. The van der Waals surface area contributed by atoms with Crippen molar-refractivity contribution in [2.45, 2.75) is 25.9 Å². The number of hydrogen-bond acceptors (Lipinski definition) is 3. The quantitative estimate of drug-likeness (QED) is 0.625. The van der Waals surface area contributed by atoms with Crippen molar-refractivity contribution < 1.29 is 9.84 Å². The Bertz CT molecular complexity index is 578. The highest BCUT2D eigenvalue weighted by atomic mass is 32.1. The number of aliphatic hydroxyl groups is 1. The van der Waals surface area contributed by atoms with E-state index in [1.165, 1.54) is 10.4 Å². The second-order valence-electron chi connectivity index (χ2n) is 4.68. The molecule has 0 unspecified atom stereocenters. The van der Waals surface area contributed by atoms with Crippen molar-refractivity contribution in [2.24, 2.45) is 0 Å². The van der Waals surface area contributed by atoms with Crippen LogP contribution in [0.2, 0.25) is 0 Å². The van der Waals surface area contributed by atoms with Crippen LogP contribution in [0.3, 0.4) is 0 Å². The van der Waals surface area contributed by atoms with Gasteiger partial charge in [0.05, 0.1) is 18.1 Å². The molecule has 0 atom stereocenters. The molecule has 1 heterocycles. The molecule has 0 bridgehead atoms. The summed E-state index contributed by atoms with van der Waals surface area (Å²) in [5.74, 6) is 5.97. The molecule has 0 fully saturated rings. The van der Waals surface area contributed by atoms with E-state index < -0.39 is 0 Å². The number of benzene rings is 1. The van der Waals surface area contributed by atoms with Gasteiger partial charge in [-0.15, -0.1) is 11.3 Å². The van der Waals surface area contributed by atoms with E-state index in [1.807, 2.05) is 12.1 Å². The van der Waals surface area contributed by atoms with Gasteiger partial charge in [0.2, 0.25) is 0 Å². The summed E-state index contributed by atoms with van der Waals surface area (Å²) in [6.45, 7) is 1.55. The summed E-state index contributed by atoms with van der Waals surface area (Å²) in [4.78, 5) is 2.23. The lowest BCUT2D eigenvalue weighted by molar-refractivity contribution is 0.121. The Morgan fingerprint density at radius 1 is 1.10 bits per heavy atom. The maximum atomic E-state index is 8.68. The molecule has 1 N–H and O–H groups in total. The zero-order valence-corrected chi connectivity index (χ0v) is 12.9. The first-order chi connectivity index (χ1) is 10.4. The van der Waals surface area contributed by atoms with E-state index in [-0.39, 0.29) is 6.61 Å². The first kappa shape index (κ1) is 15.8. The standard InChI is InChI=1S/C18H20O2S/c19-13-5-4-10-17-11-12-18(21-17)15-20-14-6-9-16-7-2-1-3-8-16/h1-3,7-8,11-12,19H,5-6,9,13-15H2. The minimum atomic E-state index is 0.121. The molecular formula is C18H20O2S. The number of aliphatic hydroxyl groups excluding tert-OH is 1. The second kappa shape index (κ2) is 9.36. The third-order valence-electron chi connectivity index (χ3n) is 2.95. The van der Waals surface area contributed by atoms with E-state index >= 15 is 0 Å². The van der Waals surface area contributed by atoms with Crippen molar-refractivity contribution in [3.63, 3.8) is 0 Å². The predicted molar refractivity (Wildman–Crippen MR) is 87.3 cm³/mol. The lowest BCUT2D eigenvalue weighted by Crippen LogP contribution is -1.96. The minimum absolute atomic E-state index is 0.121. The molecule has 0 saturated carbocycles. The molecule has 0 aliphatic carbocycles. The monoisotopic (exact) mass is 300 g/mol. The minimum Gasteiger partial charge on any atom is -0.395 e.